The lowest BCUT2D eigenvalue weighted by Crippen LogP contribution is -2.68. The molecule has 3 aromatic rings. The van der Waals surface area contributed by atoms with Crippen LogP contribution in [0.5, 0.6) is 5.75 Å². The fourth-order valence-electron chi connectivity index (χ4n) is 7.96. The monoisotopic (exact) mass is 582 g/mol. The van der Waals surface area contributed by atoms with Gasteiger partial charge in [-0.05, 0) is 97.5 Å². The maximum Gasteiger partial charge on any atom is 0.308 e. The molecule has 6 rings (SSSR count). The predicted octanol–water partition coefficient (Wildman–Crippen LogP) is 6.85. The van der Waals surface area contributed by atoms with Crippen molar-refractivity contribution in [1.29, 1.82) is 0 Å². The van der Waals surface area contributed by atoms with E-state index in [9.17, 15) is 9.59 Å². The molecule has 1 amide bonds. The van der Waals surface area contributed by atoms with Gasteiger partial charge in [0.2, 0.25) is 0 Å². The largest absolute Gasteiger partial charge is 0.427 e. The van der Waals surface area contributed by atoms with E-state index in [0.717, 1.165) is 73.1 Å². The molecule has 3 aromatic carbocycles. The quantitative estimate of drug-likeness (QED) is 0.204. The molecule has 2 aliphatic carbocycles. The molecule has 43 heavy (non-hydrogen) atoms. The molecule has 1 aliphatic heterocycles. The minimum atomic E-state index is -0.388. The van der Waals surface area contributed by atoms with Crippen molar-refractivity contribution in [3.8, 4) is 5.75 Å². The molecule has 3 atom stereocenters. The van der Waals surface area contributed by atoms with Crippen LogP contribution in [0.3, 0.4) is 0 Å². The van der Waals surface area contributed by atoms with E-state index >= 15 is 0 Å². The summed E-state index contributed by atoms with van der Waals surface area (Å²) in [6, 6.07) is 22.4. The fourth-order valence-corrected chi connectivity index (χ4v) is 7.96. The Balaban J connectivity index is 1.38. The molecule has 2 saturated carbocycles. The molecule has 0 radical (unpaired) electrons. The summed E-state index contributed by atoms with van der Waals surface area (Å²) in [4.78, 5) is 31.0. The number of hydrogen-bond donors (Lipinski definition) is 0. The van der Waals surface area contributed by atoms with Crippen LogP contribution in [0.25, 0.3) is 10.8 Å². The van der Waals surface area contributed by atoms with E-state index in [1.54, 1.807) is 0 Å². The van der Waals surface area contributed by atoms with Crippen LogP contribution in [0.15, 0.2) is 66.7 Å². The van der Waals surface area contributed by atoms with E-state index in [-0.39, 0.29) is 28.9 Å². The van der Waals surface area contributed by atoms with Crippen LogP contribution in [0, 0.1) is 11.8 Å². The van der Waals surface area contributed by atoms with Crippen LogP contribution in [-0.2, 0) is 14.9 Å². The van der Waals surface area contributed by atoms with Gasteiger partial charge in [0.05, 0.1) is 5.60 Å². The summed E-state index contributed by atoms with van der Waals surface area (Å²) in [7, 11) is 1.87. The first-order valence-corrected chi connectivity index (χ1v) is 16.1. The van der Waals surface area contributed by atoms with Crippen LogP contribution in [-0.4, -0.2) is 66.6 Å². The lowest BCUT2D eigenvalue weighted by atomic mass is 9.54. The van der Waals surface area contributed by atoms with Crippen molar-refractivity contribution in [1.82, 2.24) is 9.80 Å². The smallest absolute Gasteiger partial charge is 0.308 e. The number of hydrogen-bond acceptors (Lipinski definition) is 5. The first-order valence-electron chi connectivity index (χ1n) is 16.1. The average Bonchev–Trinajstić information content (AvgIpc) is 3.82. The maximum absolute atomic E-state index is 14.4. The Kier molecular flexibility index (Phi) is 8.36. The van der Waals surface area contributed by atoms with Crippen molar-refractivity contribution in [2.75, 3.05) is 33.3 Å². The third-order valence-electron chi connectivity index (χ3n) is 10.2. The number of methoxy groups -OCH3 is 1. The van der Waals surface area contributed by atoms with Crippen LogP contribution in [0.2, 0.25) is 0 Å². The van der Waals surface area contributed by atoms with E-state index < -0.39 is 0 Å². The lowest BCUT2D eigenvalue weighted by Gasteiger charge is -2.61. The normalized spacial score (nSPS) is 25.8. The van der Waals surface area contributed by atoms with Gasteiger partial charge in [-0.15, -0.1) is 0 Å². The third-order valence-corrected chi connectivity index (χ3v) is 10.2. The standard InChI is InChI=1S/C37H46N2O4/c1-26(2)23-39(35(41)31-15-14-29-8-5-6-9-30(29)20-31)33-16-17-37(42-4)25-38(24-28-12-13-28)19-18-36(37,22-33)32-10-7-11-34(21-32)43-27(3)40/h5-11,14-15,20-21,26,28,33H,12-13,16-19,22-25H2,1-4H3/t33-,36+,37+/m1/s1. The molecule has 6 nitrogen and oxygen atoms in total. The Morgan fingerprint density at radius 1 is 0.977 bits per heavy atom. The minimum Gasteiger partial charge on any atom is -0.427 e. The van der Waals surface area contributed by atoms with Crippen LogP contribution < -0.4 is 4.74 Å². The number of amides is 1. The highest BCUT2D eigenvalue weighted by molar-refractivity contribution is 5.98. The zero-order valence-electron chi connectivity index (χ0n) is 26.2. The maximum atomic E-state index is 14.4. The van der Waals surface area contributed by atoms with Gasteiger partial charge in [-0.1, -0.05) is 56.3 Å². The van der Waals surface area contributed by atoms with Crippen molar-refractivity contribution in [3.63, 3.8) is 0 Å². The summed E-state index contributed by atoms with van der Waals surface area (Å²) in [6.07, 6.45) is 6.17. The molecule has 1 saturated heterocycles. The van der Waals surface area contributed by atoms with Gasteiger partial charge < -0.3 is 19.3 Å². The highest BCUT2D eigenvalue weighted by Crippen LogP contribution is 2.55. The molecule has 228 valence electrons. The fraction of sp³-hybridized carbons (Fsp3) is 0.514. The number of nitrogens with zero attached hydrogens (tertiary/aromatic N) is 2. The highest BCUT2D eigenvalue weighted by atomic mass is 16.5. The summed E-state index contributed by atoms with van der Waals surface area (Å²) in [6.45, 7) is 9.54. The van der Waals surface area contributed by atoms with Crippen molar-refractivity contribution in [3.05, 3.63) is 77.9 Å². The Morgan fingerprint density at radius 3 is 2.49 bits per heavy atom. The summed E-state index contributed by atoms with van der Waals surface area (Å²) in [5, 5.41) is 2.23. The molecular formula is C37H46N2O4. The zero-order valence-corrected chi connectivity index (χ0v) is 26.2. The molecule has 0 bridgehead atoms. The molecule has 0 aromatic heterocycles. The second kappa shape index (κ2) is 12.0. The lowest BCUT2D eigenvalue weighted by molar-refractivity contribution is -0.155. The van der Waals surface area contributed by atoms with Crippen LogP contribution >= 0.6 is 0 Å². The van der Waals surface area contributed by atoms with Crippen molar-refractivity contribution in [2.24, 2.45) is 11.8 Å². The summed E-state index contributed by atoms with van der Waals surface area (Å²) < 4.78 is 12.2. The molecule has 0 spiro atoms. The minimum absolute atomic E-state index is 0.0667. The molecule has 3 aliphatic rings. The highest BCUT2D eigenvalue weighted by Gasteiger charge is 2.60. The number of carbonyl (C=O) groups is 2. The van der Waals surface area contributed by atoms with E-state index in [4.69, 9.17) is 9.47 Å². The second-order valence-electron chi connectivity index (χ2n) is 13.6. The number of carbonyl (C=O) groups excluding carboxylic acids is 2. The number of fused-ring (bicyclic) bond motifs is 2. The molecule has 0 N–H and O–H groups in total. The van der Waals surface area contributed by atoms with Crippen molar-refractivity contribution < 1.29 is 19.1 Å². The van der Waals surface area contributed by atoms with E-state index in [2.05, 4.69) is 47.9 Å². The average molecular weight is 583 g/mol. The van der Waals surface area contributed by atoms with Gasteiger partial charge in [0.1, 0.15) is 5.75 Å². The molecular weight excluding hydrogens is 536 g/mol. The number of rotatable bonds is 9. The number of benzene rings is 3. The SMILES string of the molecule is CO[C@]12CC[C@@H](N(CC(C)C)C(=O)c3ccc4ccccc4c3)C[C@]1(c1cccc(OC(C)=O)c1)CCN(CC1CC1)C2. The predicted molar refractivity (Wildman–Crippen MR) is 170 cm³/mol. The molecule has 0 unspecified atom stereocenters. The topological polar surface area (TPSA) is 59.1 Å². The van der Waals surface area contributed by atoms with Gasteiger partial charge >= 0.3 is 5.97 Å². The van der Waals surface area contributed by atoms with E-state index in [0.29, 0.717) is 18.2 Å². The van der Waals surface area contributed by atoms with Crippen molar-refractivity contribution >= 4 is 22.6 Å². The zero-order chi connectivity index (χ0) is 30.2. The Hall–Kier alpha value is -3.22. The Bertz CT molecular complexity index is 1480. The van der Waals surface area contributed by atoms with Crippen LogP contribution in [0.4, 0.5) is 0 Å². The van der Waals surface area contributed by atoms with Gasteiger partial charge in [0, 0.05) is 50.7 Å². The van der Waals surface area contributed by atoms with Crippen molar-refractivity contribution in [2.45, 2.75) is 76.4 Å². The summed E-state index contributed by atoms with van der Waals surface area (Å²) in [5.74, 6) is 1.49. The third kappa shape index (κ3) is 5.97. The Morgan fingerprint density at radius 2 is 1.77 bits per heavy atom. The number of ether oxygens (including phenoxy) is 2. The van der Waals surface area contributed by atoms with E-state index in [1.165, 1.54) is 19.8 Å². The summed E-state index contributed by atoms with van der Waals surface area (Å²) in [5.41, 5.74) is 1.18. The van der Waals surface area contributed by atoms with Gasteiger partial charge in [0.25, 0.3) is 5.91 Å². The molecule has 6 heteroatoms. The Labute approximate surface area is 256 Å². The molecule has 1 heterocycles. The second-order valence-corrected chi connectivity index (χ2v) is 13.6. The first kappa shape index (κ1) is 29.8. The van der Waals surface area contributed by atoms with Gasteiger partial charge in [-0.3, -0.25) is 9.59 Å². The number of likely N-dealkylation sites (tertiary alicyclic amines) is 1. The van der Waals surface area contributed by atoms with Gasteiger partial charge in [0.15, 0.2) is 0 Å². The molecule has 3 fully saturated rings. The number of esters is 1. The van der Waals surface area contributed by atoms with E-state index in [1.807, 2.05) is 49.6 Å². The summed E-state index contributed by atoms with van der Waals surface area (Å²) >= 11 is 0. The van der Waals surface area contributed by atoms with Gasteiger partial charge in [-0.2, -0.15) is 0 Å². The number of piperidine rings is 1. The first-order chi connectivity index (χ1) is 20.7. The van der Waals surface area contributed by atoms with Gasteiger partial charge in [-0.25, -0.2) is 0 Å². The van der Waals surface area contributed by atoms with Crippen LogP contribution in [0.1, 0.15) is 75.2 Å².